The van der Waals surface area contributed by atoms with Gasteiger partial charge >= 0.3 is 6.18 Å². The Balaban J connectivity index is 2.56. The highest BCUT2D eigenvalue weighted by atomic mass is 19.4. The molecule has 0 aliphatic rings. The maximum atomic E-state index is 11.9. The Hall–Kier alpha value is -1.76. The van der Waals surface area contributed by atoms with Crippen LogP contribution in [0, 0.1) is 13.8 Å². The number of alkyl halides is 3. The number of hydrogen-bond donors (Lipinski definition) is 3. The van der Waals surface area contributed by atoms with Crippen LogP contribution in [0.3, 0.4) is 0 Å². The molecule has 1 aromatic carbocycles. The van der Waals surface area contributed by atoms with E-state index in [9.17, 15) is 23.1 Å². The SMILES string of the molecule is Cc1cc(NC(=O)CNCC(F)(F)F)c(C)cc1O. The zero-order valence-electron chi connectivity index (χ0n) is 10.6. The summed E-state index contributed by atoms with van der Waals surface area (Å²) >= 11 is 0. The van der Waals surface area contributed by atoms with Crippen molar-refractivity contribution in [2.24, 2.45) is 0 Å². The summed E-state index contributed by atoms with van der Waals surface area (Å²) in [7, 11) is 0. The van der Waals surface area contributed by atoms with Crippen LogP contribution in [0.4, 0.5) is 18.9 Å². The van der Waals surface area contributed by atoms with Crippen LogP contribution in [0.25, 0.3) is 0 Å². The third kappa shape index (κ3) is 5.17. The molecule has 0 spiro atoms. The van der Waals surface area contributed by atoms with E-state index < -0.39 is 25.2 Å². The van der Waals surface area contributed by atoms with E-state index in [1.54, 1.807) is 19.9 Å². The summed E-state index contributed by atoms with van der Waals surface area (Å²) in [4.78, 5) is 11.4. The minimum atomic E-state index is -4.34. The van der Waals surface area contributed by atoms with Crippen LogP contribution in [0.1, 0.15) is 11.1 Å². The average molecular weight is 276 g/mol. The number of amides is 1. The molecule has 0 saturated carbocycles. The molecule has 0 saturated heterocycles. The highest BCUT2D eigenvalue weighted by molar-refractivity contribution is 5.93. The van der Waals surface area contributed by atoms with E-state index >= 15 is 0 Å². The number of halogens is 3. The van der Waals surface area contributed by atoms with Gasteiger partial charge in [-0.25, -0.2) is 0 Å². The fourth-order valence-electron chi connectivity index (χ4n) is 1.45. The third-order valence-corrected chi connectivity index (χ3v) is 2.43. The summed E-state index contributed by atoms with van der Waals surface area (Å²) in [6, 6.07) is 3.04. The topological polar surface area (TPSA) is 61.4 Å². The molecule has 0 aromatic heterocycles. The van der Waals surface area contributed by atoms with Crippen molar-refractivity contribution in [1.29, 1.82) is 0 Å². The molecule has 3 N–H and O–H groups in total. The van der Waals surface area contributed by atoms with Crippen molar-refractivity contribution in [2.45, 2.75) is 20.0 Å². The standard InChI is InChI=1S/C12H15F3N2O2/c1-7-4-10(18)8(2)3-9(7)17-11(19)5-16-6-12(13,14)15/h3-4,16,18H,5-6H2,1-2H3,(H,17,19). The van der Waals surface area contributed by atoms with Crippen LogP contribution in [-0.2, 0) is 4.79 Å². The van der Waals surface area contributed by atoms with Crippen LogP contribution < -0.4 is 10.6 Å². The van der Waals surface area contributed by atoms with E-state index in [-0.39, 0.29) is 5.75 Å². The fourth-order valence-corrected chi connectivity index (χ4v) is 1.45. The number of phenolic OH excluding ortho intramolecular Hbond substituents is 1. The predicted molar refractivity (Wildman–Crippen MR) is 65.1 cm³/mol. The summed E-state index contributed by atoms with van der Waals surface area (Å²) < 4.78 is 35.6. The molecular weight excluding hydrogens is 261 g/mol. The molecule has 0 unspecified atom stereocenters. The first-order valence-corrected chi connectivity index (χ1v) is 5.56. The van der Waals surface area contributed by atoms with Gasteiger partial charge in [0, 0.05) is 5.69 Å². The van der Waals surface area contributed by atoms with E-state index in [4.69, 9.17) is 0 Å². The zero-order valence-corrected chi connectivity index (χ0v) is 10.6. The molecule has 0 fully saturated rings. The molecule has 4 nitrogen and oxygen atoms in total. The van der Waals surface area contributed by atoms with E-state index in [1.165, 1.54) is 6.07 Å². The van der Waals surface area contributed by atoms with Crippen molar-refractivity contribution < 1.29 is 23.1 Å². The van der Waals surface area contributed by atoms with Gasteiger partial charge in [0.25, 0.3) is 0 Å². The number of carbonyl (C=O) groups excluding carboxylic acids is 1. The van der Waals surface area contributed by atoms with Gasteiger partial charge in [-0.3, -0.25) is 4.79 Å². The molecule has 1 rings (SSSR count). The van der Waals surface area contributed by atoms with Gasteiger partial charge in [-0.2, -0.15) is 13.2 Å². The molecule has 0 aliphatic carbocycles. The van der Waals surface area contributed by atoms with Crippen LogP contribution in [0.2, 0.25) is 0 Å². The van der Waals surface area contributed by atoms with Crippen molar-refractivity contribution >= 4 is 11.6 Å². The van der Waals surface area contributed by atoms with Crippen molar-refractivity contribution in [2.75, 3.05) is 18.4 Å². The monoisotopic (exact) mass is 276 g/mol. The predicted octanol–water partition coefficient (Wildman–Crippen LogP) is 2.10. The lowest BCUT2D eigenvalue weighted by Gasteiger charge is -2.12. The smallest absolute Gasteiger partial charge is 0.401 e. The molecule has 1 aromatic rings. The summed E-state index contributed by atoms with van der Waals surface area (Å²) in [5.74, 6) is -0.469. The minimum Gasteiger partial charge on any atom is -0.508 e. The lowest BCUT2D eigenvalue weighted by Crippen LogP contribution is -2.35. The Morgan fingerprint density at radius 3 is 2.47 bits per heavy atom. The molecule has 0 radical (unpaired) electrons. The highest BCUT2D eigenvalue weighted by Gasteiger charge is 2.26. The molecule has 7 heteroatoms. The molecular formula is C12H15F3N2O2. The van der Waals surface area contributed by atoms with Gasteiger partial charge in [-0.15, -0.1) is 0 Å². The second-order valence-corrected chi connectivity index (χ2v) is 4.22. The van der Waals surface area contributed by atoms with E-state index in [2.05, 4.69) is 5.32 Å². The maximum Gasteiger partial charge on any atom is 0.401 e. The number of rotatable bonds is 4. The van der Waals surface area contributed by atoms with Gasteiger partial charge in [0.1, 0.15) is 5.75 Å². The Morgan fingerprint density at radius 1 is 1.26 bits per heavy atom. The molecule has 0 heterocycles. The van der Waals surface area contributed by atoms with Gasteiger partial charge in [0.15, 0.2) is 0 Å². The van der Waals surface area contributed by atoms with E-state index in [1.807, 2.05) is 5.32 Å². The summed E-state index contributed by atoms with van der Waals surface area (Å²) in [6.07, 6.45) is -4.34. The van der Waals surface area contributed by atoms with Crippen molar-refractivity contribution in [3.05, 3.63) is 23.3 Å². The van der Waals surface area contributed by atoms with Crippen molar-refractivity contribution in [1.82, 2.24) is 5.32 Å². The number of anilines is 1. The van der Waals surface area contributed by atoms with Crippen LogP contribution >= 0.6 is 0 Å². The van der Waals surface area contributed by atoms with Gasteiger partial charge in [-0.05, 0) is 37.1 Å². The number of carbonyl (C=O) groups is 1. The van der Waals surface area contributed by atoms with Crippen LogP contribution in [0.15, 0.2) is 12.1 Å². The quantitative estimate of drug-likeness (QED) is 0.738. The first kappa shape index (κ1) is 15.3. The summed E-state index contributed by atoms with van der Waals surface area (Å²) in [5, 5.41) is 13.9. The Morgan fingerprint density at radius 2 is 1.89 bits per heavy atom. The zero-order chi connectivity index (χ0) is 14.6. The average Bonchev–Trinajstić information content (AvgIpc) is 2.24. The fraction of sp³-hybridized carbons (Fsp3) is 0.417. The maximum absolute atomic E-state index is 11.9. The van der Waals surface area contributed by atoms with Crippen molar-refractivity contribution in [3.8, 4) is 5.75 Å². The molecule has 0 bridgehead atoms. The number of benzene rings is 1. The van der Waals surface area contributed by atoms with Gasteiger partial charge in [0.05, 0.1) is 13.1 Å². The van der Waals surface area contributed by atoms with E-state index in [0.29, 0.717) is 16.8 Å². The number of aryl methyl sites for hydroxylation is 2. The number of aromatic hydroxyl groups is 1. The first-order valence-electron chi connectivity index (χ1n) is 5.56. The van der Waals surface area contributed by atoms with Gasteiger partial charge in [0.2, 0.25) is 5.91 Å². The third-order valence-electron chi connectivity index (χ3n) is 2.43. The molecule has 19 heavy (non-hydrogen) atoms. The second-order valence-electron chi connectivity index (χ2n) is 4.22. The summed E-state index contributed by atoms with van der Waals surface area (Å²) in [5.41, 5.74) is 1.67. The summed E-state index contributed by atoms with van der Waals surface area (Å²) in [6.45, 7) is 1.69. The lowest BCUT2D eigenvalue weighted by atomic mass is 10.1. The van der Waals surface area contributed by atoms with Crippen LogP contribution in [0.5, 0.6) is 5.75 Å². The second kappa shape index (κ2) is 5.92. The number of hydrogen-bond acceptors (Lipinski definition) is 3. The Kier molecular flexibility index (Phi) is 4.77. The molecule has 1 amide bonds. The number of nitrogens with one attached hydrogen (secondary N) is 2. The normalized spacial score (nSPS) is 11.4. The first-order chi connectivity index (χ1) is 8.69. The largest absolute Gasteiger partial charge is 0.508 e. The van der Waals surface area contributed by atoms with Gasteiger partial charge in [-0.1, -0.05) is 0 Å². The van der Waals surface area contributed by atoms with Crippen molar-refractivity contribution in [3.63, 3.8) is 0 Å². The lowest BCUT2D eigenvalue weighted by molar-refractivity contribution is -0.126. The highest BCUT2D eigenvalue weighted by Crippen LogP contribution is 2.24. The molecule has 106 valence electrons. The Bertz CT molecular complexity index is 473. The Labute approximate surface area is 108 Å². The minimum absolute atomic E-state index is 0.102. The molecule has 0 aliphatic heterocycles. The molecule has 0 atom stereocenters. The van der Waals surface area contributed by atoms with E-state index in [0.717, 1.165) is 0 Å². The van der Waals surface area contributed by atoms with Crippen LogP contribution in [-0.4, -0.2) is 30.3 Å². The van der Waals surface area contributed by atoms with Gasteiger partial charge < -0.3 is 15.7 Å². The number of phenols is 1.